The number of aryl methyl sites for hydroxylation is 2. The highest BCUT2D eigenvalue weighted by Gasteiger charge is 2.19. The predicted molar refractivity (Wildman–Crippen MR) is 76.7 cm³/mol. The van der Waals surface area contributed by atoms with Crippen LogP contribution in [0.1, 0.15) is 12.6 Å². The van der Waals surface area contributed by atoms with Crippen molar-refractivity contribution in [2.45, 2.75) is 20.4 Å². The van der Waals surface area contributed by atoms with Gasteiger partial charge in [0, 0.05) is 6.54 Å². The maximum atomic E-state index is 6.02. The first-order valence-electron chi connectivity index (χ1n) is 6.34. The summed E-state index contributed by atoms with van der Waals surface area (Å²) in [6, 6.07) is 5.43. The number of rotatable bonds is 5. The zero-order valence-electron chi connectivity index (χ0n) is 12.1. The van der Waals surface area contributed by atoms with Gasteiger partial charge in [0.2, 0.25) is 11.6 Å². The van der Waals surface area contributed by atoms with Crippen molar-refractivity contribution in [2.75, 3.05) is 20.0 Å². The van der Waals surface area contributed by atoms with Crippen LogP contribution in [0.4, 0.5) is 5.69 Å². The Balaban J connectivity index is 2.49. The Labute approximate surface area is 118 Å². The average molecular weight is 277 g/mol. The highest BCUT2D eigenvalue weighted by Crippen LogP contribution is 2.41. The molecule has 6 heteroatoms. The molecule has 1 heterocycles. The lowest BCUT2D eigenvalue weighted by molar-refractivity contribution is 0.332. The molecule has 2 aromatic rings. The van der Waals surface area contributed by atoms with Gasteiger partial charge in [0.1, 0.15) is 5.69 Å². The fraction of sp³-hybridized carbons (Fsp3) is 0.357. The molecule has 0 aliphatic carbocycles. The minimum absolute atomic E-state index is 0.485. The summed E-state index contributed by atoms with van der Waals surface area (Å²) in [7, 11) is 3.15. The van der Waals surface area contributed by atoms with Crippen LogP contribution in [-0.2, 0) is 6.54 Å². The summed E-state index contributed by atoms with van der Waals surface area (Å²) in [6.07, 6.45) is 0. The molecule has 0 atom stereocenters. The third-order valence-corrected chi connectivity index (χ3v) is 3.01. The van der Waals surface area contributed by atoms with E-state index in [1.54, 1.807) is 31.0 Å². The van der Waals surface area contributed by atoms with Crippen molar-refractivity contribution in [1.82, 2.24) is 9.78 Å². The van der Waals surface area contributed by atoms with E-state index in [4.69, 9.17) is 19.9 Å². The number of benzene rings is 1. The Morgan fingerprint density at radius 1 is 1.20 bits per heavy atom. The van der Waals surface area contributed by atoms with Crippen LogP contribution in [0.2, 0.25) is 0 Å². The van der Waals surface area contributed by atoms with Crippen molar-refractivity contribution in [3.05, 3.63) is 23.9 Å². The quantitative estimate of drug-likeness (QED) is 0.909. The van der Waals surface area contributed by atoms with Gasteiger partial charge in [-0.3, -0.25) is 0 Å². The Kier molecular flexibility index (Phi) is 4.02. The highest BCUT2D eigenvalue weighted by atomic mass is 16.5. The number of nitrogen functional groups attached to an aromatic ring is 1. The molecule has 0 spiro atoms. The molecule has 0 saturated carbocycles. The van der Waals surface area contributed by atoms with Gasteiger partial charge in [0.25, 0.3) is 0 Å². The molecule has 2 rings (SSSR count). The van der Waals surface area contributed by atoms with Crippen LogP contribution < -0.4 is 19.9 Å². The molecule has 6 nitrogen and oxygen atoms in total. The smallest absolute Gasteiger partial charge is 0.241 e. The first-order chi connectivity index (χ1) is 9.62. The fourth-order valence-corrected chi connectivity index (χ4v) is 1.91. The van der Waals surface area contributed by atoms with E-state index >= 15 is 0 Å². The monoisotopic (exact) mass is 277 g/mol. The van der Waals surface area contributed by atoms with Crippen LogP contribution in [0.15, 0.2) is 18.2 Å². The lowest BCUT2D eigenvalue weighted by Gasteiger charge is -2.14. The minimum Gasteiger partial charge on any atom is -0.493 e. The molecule has 20 heavy (non-hydrogen) atoms. The van der Waals surface area contributed by atoms with E-state index in [2.05, 4.69) is 5.10 Å². The highest BCUT2D eigenvalue weighted by molar-refractivity contribution is 5.58. The van der Waals surface area contributed by atoms with E-state index in [1.165, 1.54) is 0 Å². The van der Waals surface area contributed by atoms with E-state index in [0.29, 0.717) is 35.4 Å². The second-order valence-corrected chi connectivity index (χ2v) is 4.21. The molecule has 2 N–H and O–H groups in total. The topological polar surface area (TPSA) is 71.5 Å². The standard InChI is InChI=1S/C14H19N3O3/c1-5-17-14(12(15)9(2)16-17)20-13-10(18-3)7-6-8-11(13)19-4/h6-8H,5,15H2,1-4H3. The molecular formula is C14H19N3O3. The van der Waals surface area contributed by atoms with Crippen LogP contribution in [0.3, 0.4) is 0 Å². The third kappa shape index (κ3) is 2.36. The number of aromatic nitrogens is 2. The summed E-state index contributed by atoms with van der Waals surface area (Å²) in [4.78, 5) is 0. The van der Waals surface area contributed by atoms with Gasteiger partial charge in [-0.15, -0.1) is 0 Å². The van der Waals surface area contributed by atoms with Crippen molar-refractivity contribution < 1.29 is 14.2 Å². The maximum absolute atomic E-state index is 6.02. The van der Waals surface area contributed by atoms with E-state index < -0.39 is 0 Å². The molecule has 1 aromatic heterocycles. The molecule has 0 fully saturated rings. The third-order valence-electron chi connectivity index (χ3n) is 3.01. The lowest BCUT2D eigenvalue weighted by Crippen LogP contribution is -2.02. The molecule has 0 bridgehead atoms. The number of para-hydroxylation sites is 1. The fourth-order valence-electron chi connectivity index (χ4n) is 1.91. The summed E-state index contributed by atoms with van der Waals surface area (Å²) < 4.78 is 18.2. The van der Waals surface area contributed by atoms with E-state index in [-0.39, 0.29) is 0 Å². The Morgan fingerprint density at radius 3 is 2.30 bits per heavy atom. The van der Waals surface area contributed by atoms with E-state index in [9.17, 15) is 0 Å². The van der Waals surface area contributed by atoms with Crippen LogP contribution in [0.5, 0.6) is 23.1 Å². The number of anilines is 1. The Morgan fingerprint density at radius 2 is 1.80 bits per heavy atom. The normalized spacial score (nSPS) is 10.4. The Bertz CT molecular complexity index is 586. The van der Waals surface area contributed by atoms with Crippen molar-refractivity contribution >= 4 is 5.69 Å². The molecule has 0 unspecified atom stereocenters. The number of ether oxygens (including phenoxy) is 3. The molecule has 1 aromatic carbocycles. The molecule has 0 radical (unpaired) electrons. The van der Waals surface area contributed by atoms with Gasteiger partial charge in [-0.25, -0.2) is 4.68 Å². The molecule has 0 aliphatic rings. The van der Waals surface area contributed by atoms with Crippen molar-refractivity contribution in [2.24, 2.45) is 0 Å². The second-order valence-electron chi connectivity index (χ2n) is 4.21. The first kappa shape index (κ1) is 14.0. The molecule has 0 saturated heterocycles. The number of methoxy groups -OCH3 is 2. The molecule has 0 amide bonds. The summed E-state index contributed by atoms with van der Waals surface area (Å²) in [6.45, 7) is 4.47. The predicted octanol–water partition coefficient (Wildman–Crippen LogP) is 2.60. The van der Waals surface area contributed by atoms with Crippen LogP contribution in [0.25, 0.3) is 0 Å². The summed E-state index contributed by atoms with van der Waals surface area (Å²) in [5.74, 6) is 2.13. The first-order valence-corrected chi connectivity index (χ1v) is 6.34. The molecular weight excluding hydrogens is 258 g/mol. The minimum atomic E-state index is 0.485. The van der Waals surface area contributed by atoms with Gasteiger partial charge in [-0.1, -0.05) is 6.07 Å². The van der Waals surface area contributed by atoms with E-state index in [1.807, 2.05) is 19.9 Å². The molecule has 0 aliphatic heterocycles. The summed E-state index contributed by atoms with van der Waals surface area (Å²) in [5.41, 5.74) is 7.27. The number of hydrogen-bond donors (Lipinski definition) is 1. The van der Waals surface area contributed by atoms with Crippen molar-refractivity contribution in [3.8, 4) is 23.1 Å². The van der Waals surface area contributed by atoms with Gasteiger partial charge in [-0.2, -0.15) is 5.10 Å². The van der Waals surface area contributed by atoms with E-state index in [0.717, 1.165) is 5.69 Å². The lowest BCUT2D eigenvalue weighted by atomic mass is 10.3. The molecule has 108 valence electrons. The van der Waals surface area contributed by atoms with Crippen LogP contribution in [0, 0.1) is 6.92 Å². The van der Waals surface area contributed by atoms with Crippen LogP contribution in [-0.4, -0.2) is 24.0 Å². The zero-order valence-corrected chi connectivity index (χ0v) is 12.1. The van der Waals surface area contributed by atoms with Gasteiger partial charge in [0.15, 0.2) is 11.5 Å². The Hall–Kier alpha value is -2.37. The van der Waals surface area contributed by atoms with Crippen molar-refractivity contribution in [3.63, 3.8) is 0 Å². The zero-order chi connectivity index (χ0) is 14.7. The number of nitrogens with two attached hydrogens (primary N) is 1. The summed E-state index contributed by atoms with van der Waals surface area (Å²) >= 11 is 0. The van der Waals surface area contributed by atoms with Gasteiger partial charge >= 0.3 is 0 Å². The average Bonchev–Trinajstić information content (AvgIpc) is 2.75. The van der Waals surface area contributed by atoms with Crippen LogP contribution >= 0.6 is 0 Å². The summed E-state index contributed by atoms with van der Waals surface area (Å²) in [5, 5.41) is 4.32. The maximum Gasteiger partial charge on any atom is 0.241 e. The SMILES string of the molecule is CCn1nc(C)c(N)c1Oc1c(OC)cccc1OC. The number of nitrogens with zero attached hydrogens (tertiary/aromatic N) is 2. The van der Waals surface area contributed by atoms with Crippen molar-refractivity contribution in [1.29, 1.82) is 0 Å². The number of hydrogen-bond acceptors (Lipinski definition) is 5. The largest absolute Gasteiger partial charge is 0.493 e. The van der Waals surface area contributed by atoms with Gasteiger partial charge < -0.3 is 19.9 Å². The van der Waals surface area contributed by atoms with Gasteiger partial charge in [0.05, 0.1) is 19.9 Å². The van der Waals surface area contributed by atoms with Gasteiger partial charge in [-0.05, 0) is 26.0 Å². The second kappa shape index (κ2) is 5.73.